The van der Waals surface area contributed by atoms with E-state index < -0.39 is 20.8 Å². The van der Waals surface area contributed by atoms with Gasteiger partial charge < -0.3 is 4.55 Å². The Balaban J connectivity index is 0.00000176. The monoisotopic (exact) mass is 452 g/mol. The number of ketones is 2. The minimum atomic E-state index is -4.71. The van der Waals surface area contributed by atoms with Crippen molar-refractivity contribution in [1.29, 1.82) is 0 Å². The van der Waals surface area contributed by atoms with E-state index in [0.717, 1.165) is 6.07 Å². The summed E-state index contributed by atoms with van der Waals surface area (Å²) >= 11 is 1.62. The van der Waals surface area contributed by atoms with Gasteiger partial charge in [-0.25, -0.2) is 8.42 Å². The molecule has 0 saturated carbocycles. The van der Waals surface area contributed by atoms with E-state index >= 15 is 0 Å². The summed E-state index contributed by atoms with van der Waals surface area (Å²) in [5.41, 5.74) is 0.601. The number of hydrogen-bond donors (Lipinski definition) is 0. The van der Waals surface area contributed by atoms with Gasteiger partial charge in [-0.05, 0) is 34.7 Å². The fourth-order valence-electron chi connectivity index (χ4n) is 2.32. The summed E-state index contributed by atoms with van der Waals surface area (Å²) in [6.07, 6.45) is 0. The van der Waals surface area contributed by atoms with Gasteiger partial charge in [-0.3, -0.25) is 9.59 Å². The summed E-state index contributed by atoms with van der Waals surface area (Å²) in [4.78, 5) is 24.4. The SMILES string of the molecule is O=C1c2ccccc2C(=O)c2c1ccc(S(=O)(=O)[O-])c2I.[K+]. The first-order valence-electron chi connectivity index (χ1n) is 5.79. The van der Waals surface area contributed by atoms with Crippen molar-refractivity contribution in [3.05, 3.63) is 62.2 Å². The van der Waals surface area contributed by atoms with E-state index in [1.807, 2.05) is 0 Å². The fraction of sp³-hybridized carbons (Fsp3) is 0. The van der Waals surface area contributed by atoms with Crippen molar-refractivity contribution in [2.45, 2.75) is 4.90 Å². The summed E-state index contributed by atoms with van der Waals surface area (Å²) < 4.78 is 33.6. The van der Waals surface area contributed by atoms with Crippen LogP contribution in [-0.4, -0.2) is 24.5 Å². The number of carbonyl (C=O) groups excluding carboxylic acids is 2. The third kappa shape index (κ3) is 2.91. The Kier molecular flexibility index (Phi) is 5.45. The molecular formula is C14H6IKO5S. The van der Waals surface area contributed by atoms with E-state index in [0.29, 0.717) is 0 Å². The number of benzene rings is 2. The van der Waals surface area contributed by atoms with Gasteiger partial charge in [-0.1, -0.05) is 24.3 Å². The molecule has 22 heavy (non-hydrogen) atoms. The molecule has 5 nitrogen and oxygen atoms in total. The van der Waals surface area contributed by atoms with Gasteiger partial charge in [0.25, 0.3) is 0 Å². The Morgan fingerprint density at radius 1 is 0.864 bits per heavy atom. The maximum atomic E-state index is 12.5. The van der Waals surface area contributed by atoms with Crippen molar-refractivity contribution in [3.8, 4) is 0 Å². The first-order chi connectivity index (χ1) is 9.82. The number of halogens is 1. The van der Waals surface area contributed by atoms with Crippen LogP contribution in [-0.2, 0) is 10.1 Å². The van der Waals surface area contributed by atoms with Gasteiger partial charge in [-0.2, -0.15) is 0 Å². The van der Waals surface area contributed by atoms with Crippen molar-refractivity contribution in [2.75, 3.05) is 0 Å². The topological polar surface area (TPSA) is 91.3 Å². The first-order valence-corrected chi connectivity index (χ1v) is 8.28. The molecule has 0 saturated heterocycles. The second-order valence-corrected chi connectivity index (χ2v) is 6.89. The van der Waals surface area contributed by atoms with Crippen LogP contribution in [0.5, 0.6) is 0 Å². The second kappa shape index (κ2) is 6.52. The smallest absolute Gasteiger partial charge is 0.744 e. The van der Waals surface area contributed by atoms with E-state index in [4.69, 9.17) is 0 Å². The Labute approximate surface area is 182 Å². The maximum absolute atomic E-state index is 12.5. The summed E-state index contributed by atoms with van der Waals surface area (Å²) in [6.45, 7) is 0. The third-order valence-corrected chi connectivity index (χ3v) is 5.63. The Morgan fingerprint density at radius 3 is 1.95 bits per heavy atom. The number of fused-ring (bicyclic) bond motifs is 2. The molecule has 0 amide bonds. The summed E-state index contributed by atoms with van der Waals surface area (Å²) in [6, 6.07) is 8.61. The predicted molar refractivity (Wildman–Crippen MR) is 80.4 cm³/mol. The van der Waals surface area contributed by atoms with Crippen LogP contribution in [0.4, 0.5) is 0 Å². The van der Waals surface area contributed by atoms with Gasteiger partial charge in [-0.15, -0.1) is 0 Å². The van der Waals surface area contributed by atoms with Gasteiger partial charge in [0.05, 0.1) is 4.90 Å². The van der Waals surface area contributed by atoms with Crippen LogP contribution in [0.1, 0.15) is 31.8 Å². The second-order valence-electron chi connectivity index (χ2n) is 4.46. The molecule has 0 fully saturated rings. The summed E-state index contributed by atoms with van der Waals surface area (Å²) in [5.74, 6) is -0.803. The van der Waals surface area contributed by atoms with Crippen LogP contribution in [0.2, 0.25) is 0 Å². The van der Waals surface area contributed by atoms with Crippen LogP contribution in [0.15, 0.2) is 41.3 Å². The van der Waals surface area contributed by atoms with Crippen LogP contribution >= 0.6 is 22.6 Å². The average molecular weight is 452 g/mol. The molecule has 0 N–H and O–H groups in total. The standard InChI is InChI=1S/C14H7IO5S.K/c15-12-10(21(18,19)20)6-5-9-11(12)14(17)8-4-2-1-3-7(8)13(9)16;/h1-6H,(H,18,19,20);/q;+1/p-1. The molecule has 2 aromatic carbocycles. The van der Waals surface area contributed by atoms with Gasteiger partial charge in [0.2, 0.25) is 0 Å². The Hall–Kier alpha value is 0.0564. The maximum Gasteiger partial charge on any atom is 1.00 e. The number of rotatable bonds is 1. The van der Waals surface area contributed by atoms with Crippen molar-refractivity contribution in [1.82, 2.24) is 0 Å². The Morgan fingerprint density at radius 2 is 1.41 bits per heavy atom. The van der Waals surface area contributed by atoms with E-state index in [-0.39, 0.29) is 83.0 Å². The molecule has 8 heteroatoms. The fourth-order valence-corrected chi connectivity index (χ4v) is 4.40. The van der Waals surface area contributed by atoms with Gasteiger partial charge >= 0.3 is 51.4 Å². The van der Waals surface area contributed by atoms with Gasteiger partial charge in [0, 0.05) is 25.8 Å². The normalized spacial score (nSPS) is 13.2. The summed E-state index contributed by atoms with van der Waals surface area (Å²) in [5, 5.41) is 0. The van der Waals surface area contributed by atoms with Crippen LogP contribution < -0.4 is 51.4 Å². The minimum absolute atomic E-state index is 0. The van der Waals surface area contributed by atoms with Crippen molar-refractivity contribution >= 4 is 44.3 Å². The van der Waals surface area contributed by atoms with Crippen molar-refractivity contribution < 1.29 is 73.9 Å². The van der Waals surface area contributed by atoms with Crippen LogP contribution in [0.3, 0.4) is 0 Å². The zero-order chi connectivity index (χ0) is 15.4. The molecule has 0 bridgehead atoms. The molecule has 1 aliphatic rings. The minimum Gasteiger partial charge on any atom is -0.744 e. The quantitative estimate of drug-likeness (QED) is 0.268. The van der Waals surface area contributed by atoms with Crippen LogP contribution in [0, 0.1) is 3.57 Å². The zero-order valence-electron chi connectivity index (χ0n) is 11.3. The largest absolute Gasteiger partial charge is 1.00 e. The third-order valence-electron chi connectivity index (χ3n) is 3.26. The molecule has 0 spiro atoms. The molecule has 1 aliphatic carbocycles. The summed E-state index contributed by atoms with van der Waals surface area (Å²) in [7, 11) is -4.71. The van der Waals surface area contributed by atoms with Gasteiger partial charge in [0.15, 0.2) is 11.6 Å². The molecular weight excluding hydrogens is 446 g/mol. The van der Waals surface area contributed by atoms with E-state index in [2.05, 4.69) is 0 Å². The molecule has 0 aromatic heterocycles. The van der Waals surface area contributed by atoms with E-state index in [9.17, 15) is 22.6 Å². The van der Waals surface area contributed by atoms with Crippen molar-refractivity contribution in [2.24, 2.45) is 0 Å². The molecule has 0 heterocycles. The number of hydrogen-bond acceptors (Lipinski definition) is 5. The molecule has 0 radical (unpaired) electrons. The van der Waals surface area contributed by atoms with Gasteiger partial charge in [0.1, 0.15) is 10.1 Å². The number of carbonyl (C=O) groups is 2. The molecule has 0 atom stereocenters. The van der Waals surface area contributed by atoms with Crippen molar-refractivity contribution in [3.63, 3.8) is 0 Å². The molecule has 3 rings (SSSR count). The van der Waals surface area contributed by atoms with E-state index in [1.165, 1.54) is 12.1 Å². The average Bonchev–Trinajstić information content (AvgIpc) is 2.43. The molecule has 0 aliphatic heterocycles. The molecule has 106 valence electrons. The molecule has 0 unspecified atom stereocenters. The predicted octanol–water partition coefficient (Wildman–Crippen LogP) is -1.03. The Bertz CT molecular complexity index is 921. The zero-order valence-corrected chi connectivity index (χ0v) is 17.4. The first kappa shape index (κ1) is 18.4. The molecule has 2 aromatic rings. The van der Waals surface area contributed by atoms with Crippen LogP contribution in [0.25, 0.3) is 0 Å². The van der Waals surface area contributed by atoms with E-state index in [1.54, 1.807) is 40.8 Å².